The summed E-state index contributed by atoms with van der Waals surface area (Å²) in [4.78, 5) is 30.0. The van der Waals surface area contributed by atoms with E-state index >= 15 is 0 Å². The smallest absolute Gasteiger partial charge is 0.295 e. The van der Waals surface area contributed by atoms with E-state index in [-0.39, 0.29) is 28.9 Å². The molecule has 1 saturated heterocycles. The maximum Gasteiger partial charge on any atom is 0.295 e. The Balaban J connectivity index is 2.09. The number of methoxy groups -OCH3 is 1. The first kappa shape index (κ1) is 26.1. The van der Waals surface area contributed by atoms with Gasteiger partial charge in [0, 0.05) is 18.7 Å². The molecule has 0 aromatic heterocycles. The lowest BCUT2D eigenvalue weighted by Crippen LogP contribution is -2.38. The molecule has 2 N–H and O–H groups in total. The van der Waals surface area contributed by atoms with Crippen LogP contribution in [0.15, 0.2) is 48.0 Å². The summed E-state index contributed by atoms with van der Waals surface area (Å²) in [6.07, 6.45) is -0.00458. The second-order valence-electron chi connectivity index (χ2n) is 8.64. The fourth-order valence-corrected chi connectivity index (χ4v) is 4.23. The van der Waals surface area contributed by atoms with Crippen LogP contribution >= 0.6 is 0 Å². The predicted octanol–water partition coefficient (Wildman–Crippen LogP) is 3.95. The number of phenols is 1. The molecular formula is C27H34N2O6. The number of carbonyl (C=O) groups excluding carboxylic acids is 2. The summed E-state index contributed by atoms with van der Waals surface area (Å²) in [5.41, 5.74) is 0.957. The molecule has 1 heterocycles. The number of aromatic hydroxyl groups is 1. The highest BCUT2D eigenvalue weighted by Crippen LogP contribution is 2.41. The molecule has 1 fully saturated rings. The molecule has 0 unspecified atom stereocenters. The number of ketones is 1. The number of nitrogens with zero attached hydrogens (tertiary/aromatic N) is 2. The van der Waals surface area contributed by atoms with Gasteiger partial charge in [-0.2, -0.15) is 0 Å². The van der Waals surface area contributed by atoms with Gasteiger partial charge in [0.15, 0.2) is 11.5 Å². The highest BCUT2D eigenvalue weighted by Gasteiger charge is 2.46. The Morgan fingerprint density at radius 2 is 1.74 bits per heavy atom. The van der Waals surface area contributed by atoms with Crippen molar-refractivity contribution in [1.29, 1.82) is 0 Å². The first-order chi connectivity index (χ1) is 16.7. The Morgan fingerprint density at radius 3 is 2.31 bits per heavy atom. The zero-order valence-corrected chi connectivity index (χ0v) is 20.9. The number of likely N-dealkylation sites (N-methyl/N-ethyl adjacent to an activating group) is 1. The Bertz CT molecular complexity index is 1090. The number of aliphatic hydroxyl groups is 1. The molecule has 8 nitrogen and oxygen atoms in total. The first-order valence-corrected chi connectivity index (χ1v) is 11.9. The van der Waals surface area contributed by atoms with Crippen LogP contribution in [0, 0.1) is 0 Å². The van der Waals surface area contributed by atoms with Crippen molar-refractivity contribution in [2.24, 2.45) is 0 Å². The molecule has 2 aromatic rings. The van der Waals surface area contributed by atoms with E-state index in [4.69, 9.17) is 9.47 Å². The lowest BCUT2D eigenvalue weighted by Gasteiger charge is -2.28. The third-order valence-electron chi connectivity index (χ3n) is 6.11. The van der Waals surface area contributed by atoms with Crippen LogP contribution < -0.4 is 9.47 Å². The van der Waals surface area contributed by atoms with Crippen molar-refractivity contribution in [3.8, 4) is 17.2 Å². The lowest BCUT2D eigenvalue weighted by molar-refractivity contribution is -0.140. The van der Waals surface area contributed by atoms with Crippen LogP contribution in [0.1, 0.15) is 44.9 Å². The molecule has 0 aliphatic carbocycles. The summed E-state index contributed by atoms with van der Waals surface area (Å²) >= 11 is 0. The number of hydrogen-bond donors (Lipinski definition) is 2. The summed E-state index contributed by atoms with van der Waals surface area (Å²) < 4.78 is 10.9. The van der Waals surface area contributed by atoms with E-state index in [0.29, 0.717) is 30.0 Å². The Kier molecular flexibility index (Phi) is 8.40. The summed E-state index contributed by atoms with van der Waals surface area (Å²) in [7, 11) is 1.43. The molecule has 1 aliphatic rings. The van der Waals surface area contributed by atoms with Gasteiger partial charge in [0.05, 0.1) is 24.8 Å². The lowest BCUT2D eigenvalue weighted by atomic mass is 9.95. The third-order valence-corrected chi connectivity index (χ3v) is 6.11. The van der Waals surface area contributed by atoms with Crippen LogP contribution in [0.25, 0.3) is 5.76 Å². The van der Waals surface area contributed by atoms with Crippen molar-refractivity contribution in [2.75, 3.05) is 33.3 Å². The number of rotatable bonds is 10. The van der Waals surface area contributed by atoms with Crippen LogP contribution in [0.4, 0.5) is 0 Å². The number of carbonyl (C=O) groups is 2. The van der Waals surface area contributed by atoms with Gasteiger partial charge in [-0.1, -0.05) is 19.9 Å². The van der Waals surface area contributed by atoms with Gasteiger partial charge in [0.1, 0.15) is 11.5 Å². The Labute approximate surface area is 206 Å². The SMILES string of the molecule is CCN(CC)CCN1C(=O)C(=O)C(=C(O)c2ccc(OC(C)C)cc2)[C@H]1c1ccc(O)c(OC)c1. The largest absolute Gasteiger partial charge is 0.507 e. The minimum Gasteiger partial charge on any atom is -0.507 e. The number of benzene rings is 2. The Morgan fingerprint density at radius 1 is 1.09 bits per heavy atom. The summed E-state index contributed by atoms with van der Waals surface area (Å²) in [5, 5.41) is 21.3. The monoisotopic (exact) mass is 482 g/mol. The van der Waals surface area contributed by atoms with Gasteiger partial charge in [-0.25, -0.2) is 0 Å². The molecule has 8 heteroatoms. The van der Waals surface area contributed by atoms with Crippen LogP contribution in [0.2, 0.25) is 0 Å². The number of amides is 1. The normalized spacial score (nSPS) is 17.5. The number of hydrogen-bond acceptors (Lipinski definition) is 7. The van der Waals surface area contributed by atoms with Crippen molar-refractivity contribution in [1.82, 2.24) is 9.80 Å². The van der Waals surface area contributed by atoms with E-state index in [2.05, 4.69) is 4.90 Å². The van der Waals surface area contributed by atoms with Gasteiger partial charge >= 0.3 is 0 Å². The van der Waals surface area contributed by atoms with E-state index in [0.717, 1.165) is 13.1 Å². The Hall–Kier alpha value is -3.52. The quantitative estimate of drug-likeness (QED) is 0.300. The summed E-state index contributed by atoms with van der Waals surface area (Å²) in [6.45, 7) is 10.4. The molecule has 1 aliphatic heterocycles. The average molecular weight is 483 g/mol. The van der Waals surface area contributed by atoms with Crippen molar-refractivity contribution < 1.29 is 29.3 Å². The van der Waals surface area contributed by atoms with Gasteiger partial charge in [-0.15, -0.1) is 0 Å². The van der Waals surface area contributed by atoms with E-state index < -0.39 is 17.7 Å². The molecule has 35 heavy (non-hydrogen) atoms. The zero-order valence-electron chi connectivity index (χ0n) is 20.9. The fraction of sp³-hybridized carbons (Fsp3) is 0.407. The van der Waals surface area contributed by atoms with E-state index in [1.54, 1.807) is 36.4 Å². The minimum absolute atomic E-state index is 0.000169. The van der Waals surface area contributed by atoms with Gasteiger partial charge in [0.25, 0.3) is 11.7 Å². The van der Waals surface area contributed by atoms with Crippen molar-refractivity contribution in [3.05, 3.63) is 59.2 Å². The maximum absolute atomic E-state index is 13.2. The molecule has 0 saturated carbocycles. The van der Waals surface area contributed by atoms with Crippen LogP contribution in [-0.4, -0.2) is 71.1 Å². The van der Waals surface area contributed by atoms with E-state index in [1.807, 2.05) is 27.7 Å². The molecule has 1 atom stereocenters. The molecule has 188 valence electrons. The van der Waals surface area contributed by atoms with Crippen LogP contribution in [0.3, 0.4) is 0 Å². The van der Waals surface area contributed by atoms with E-state index in [1.165, 1.54) is 18.1 Å². The number of likely N-dealkylation sites (tertiary alicyclic amines) is 1. The van der Waals surface area contributed by atoms with Crippen molar-refractivity contribution in [3.63, 3.8) is 0 Å². The molecular weight excluding hydrogens is 448 g/mol. The van der Waals surface area contributed by atoms with Gasteiger partial charge in [0.2, 0.25) is 0 Å². The highest BCUT2D eigenvalue weighted by atomic mass is 16.5. The minimum atomic E-state index is -0.827. The molecule has 0 radical (unpaired) electrons. The zero-order chi connectivity index (χ0) is 25.7. The number of ether oxygens (including phenoxy) is 2. The second-order valence-corrected chi connectivity index (χ2v) is 8.64. The molecule has 0 bridgehead atoms. The molecule has 3 rings (SSSR count). The number of aliphatic hydroxyl groups excluding tert-OH is 1. The second kappa shape index (κ2) is 11.3. The van der Waals surface area contributed by atoms with Crippen LogP contribution in [0.5, 0.6) is 17.2 Å². The highest BCUT2D eigenvalue weighted by molar-refractivity contribution is 6.46. The topological polar surface area (TPSA) is 99.5 Å². The number of Topliss-reactive ketones (excluding diaryl/α,β-unsaturated/α-hetero) is 1. The average Bonchev–Trinajstić information content (AvgIpc) is 3.09. The standard InChI is InChI=1S/C27H34N2O6/c1-6-28(7-2)14-15-29-24(19-10-13-21(30)22(16-19)34-5)23(26(32)27(29)33)25(31)18-8-11-20(12-9-18)35-17(3)4/h8-13,16-17,24,30-31H,6-7,14-15H2,1-5H3/t24-/m1/s1. The van der Waals surface area contributed by atoms with Crippen molar-refractivity contribution in [2.45, 2.75) is 39.8 Å². The summed E-state index contributed by atoms with van der Waals surface area (Å²) in [6, 6.07) is 10.6. The van der Waals surface area contributed by atoms with E-state index in [9.17, 15) is 19.8 Å². The van der Waals surface area contributed by atoms with Gasteiger partial charge < -0.3 is 29.5 Å². The molecule has 2 aromatic carbocycles. The number of phenolic OH excluding ortho intramolecular Hbond substituents is 1. The maximum atomic E-state index is 13.2. The predicted molar refractivity (Wildman–Crippen MR) is 134 cm³/mol. The fourth-order valence-electron chi connectivity index (χ4n) is 4.23. The molecule has 0 spiro atoms. The van der Waals surface area contributed by atoms with Crippen LogP contribution in [-0.2, 0) is 9.59 Å². The van der Waals surface area contributed by atoms with Gasteiger partial charge in [-0.3, -0.25) is 9.59 Å². The molecule has 1 amide bonds. The first-order valence-electron chi connectivity index (χ1n) is 11.9. The van der Waals surface area contributed by atoms with Gasteiger partial charge in [-0.05, 0) is 68.9 Å². The van der Waals surface area contributed by atoms with Crippen molar-refractivity contribution >= 4 is 17.4 Å². The summed E-state index contributed by atoms with van der Waals surface area (Å²) in [5.74, 6) is -0.890. The third kappa shape index (κ3) is 5.59.